The molecule has 0 fully saturated rings. The summed E-state index contributed by atoms with van der Waals surface area (Å²) in [6.45, 7) is 6.61. The average Bonchev–Trinajstić information content (AvgIpc) is 2.61. The van der Waals surface area contributed by atoms with Gasteiger partial charge in [0.05, 0.1) is 14.2 Å². The summed E-state index contributed by atoms with van der Waals surface area (Å²) in [7, 11) is 3.41. The number of rotatable bonds is 7. The number of hydrogen-bond donors (Lipinski definition) is 1. The van der Waals surface area contributed by atoms with E-state index in [-0.39, 0.29) is 12.5 Å². The highest BCUT2D eigenvalue weighted by atomic mass is 16.5. The van der Waals surface area contributed by atoms with Gasteiger partial charge in [0, 0.05) is 12.5 Å². The molecule has 0 bridgehead atoms. The van der Waals surface area contributed by atoms with E-state index >= 15 is 0 Å². The van der Waals surface area contributed by atoms with Crippen molar-refractivity contribution in [2.24, 2.45) is 0 Å². The Morgan fingerprint density at radius 2 is 1.67 bits per heavy atom. The highest BCUT2D eigenvalue weighted by molar-refractivity contribution is 5.47. The molecule has 130 valence electrons. The molecule has 1 unspecified atom stereocenters. The lowest BCUT2D eigenvalue weighted by Gasteiger charge is -2.18. The summed E-state index contributed by atoms with van der Waals surface area (Å²) in [4.78, 5) is 0. The lowest BCUT2D eigenvalue weighted by Crippen LogP contribution is -2.02. The molecule has 0 spiro atoms. The van der Waals surface area contributed by atoms with Crippen LogP contribution in [0.5, 0.6) is 11.5 Å². The van der Waals surface area contributed by atoms with Crippen molar-refractivity contribution >= 4 is 0 Å². The van der Waals surface area contributed by atoms with Crippen molar-refractivity contribution in [3.63, 3.8) is 0 Å². The summed E-state index contributed by atoms with van der Waals surface area (Å²) in [5.74, 6) is 2.08. The number of aliphatic hydroxyl groups excluding tert-OH is 1. The smallest absolute Gasteiger partial charge is 0.122 e. The van der Waals surface area contributed by atoms with Gasteiger partial charge in [0.2, 0.25) is 0 Å². The summed E-state index contributed by atoms with van der Waals surface area (Å²) in [5, 5.41) is 9.11. The third-order valence-corrected chi connectivity index (χ3v) is 4.77. The van der Waals surface area contributed by atoms with Crippen molar-refractivity contribution in [1.82, 2.24) is 0 Å². The van der Waals surface area contributed by atoms with E-state index in [1.807, 2.05) is 6.07 Å². The van der Waals surface area contributed by atoms with E-state index in [0.29, 0.717) is 0 Å². The quantitative estimate of drug-likeness (QED) is 0.819. The molecule has 2 rings (SSSR count). The monoisotopic (exact) mass is 328 g/mol. The van der Waals surface area contributed by atoms with E-state index in [1.54, 1.807) is 14.2 Å². The van der Waals surface area contributed by atoms with Crippen LogP contribution in [0.3, 0.4) is 0 Å². The minimum Gasteiger partial charge on any atom is -0.496 e. The highest BCUT2D eigenvalue weighted by Crippen LogP contribution is 2.33. The van der Waals surface area contributed by atoms with E-state index in [4.69, 9.17) is 14.6 Å². The molecular formula is C21H28O3. The molecule has 0 aliphatic rings. The molecule has 24 heavy (non-hydrogen) atoms. The molecule has 3 heteroatoms. The molecule has 0 aliphatic carbocycles. The molecule has 1 N–H and O–H groups in total. The number of ether oxygens (including phenoxy) is 2. The summed E-state index contributed by atoms with van der Waals surface area (Å²) in [5.41, 5.74) is 6.06. The van der Waals surface area contributed by atoms with Gasteiger partial charge in [-0.3, -0.25) is 0 Å². The van der Waals surface area contributed by atoms with Crippen LogP contribution in [0.25, 0.3) is 0 Å². The average molecular weight is 328 g/mol. The fourth-order valence-electron chi connectivity index (χ4n) is 3.04. The second-order valence-corrected chi connectivity index (χ2v) is 6.29. The second kappa shape index (κ2) is 8.20. The predicted octanol–water partition coefficient (Wildman–Crippen LogP) is 4.40. The van der Waals surface area contributed by atoms with Gasteiger partial charge in [-0.2, -0.15) is 0 Å². The van der Waals surface area contributed by atoms with Crippen LogP contribution in [0, 0.1) is 13.8 Å². The van der Waals surface area contributed by atoms with Crippen molar-refractivity contribution in [2.45, 2.75) is 39.5 Å². The topological polar surface area (TPSA) is 38.7 Å². The van der Waals surface area contributed by atoms with E-state index in [1.165, 1.54) is 22.3 Å². The van der Waals surface area contributed by atoms with Crippen molar-refractivity contribution < 1.29 is 14.6 Å². The molecule has 0 saturated heterocycles. The Morgan fingerprint density at radius 1 is 0.958 bits per heavy atom. The van der Waals surface area contributed by atoms with Crippen LogP contribution in [0.15, 0.2) is 30.3 Å². The lowest BCUT2D eigenvalue weighted by atomic mass is 9.89. The molecular weight excluding hydrogens is 300 g/mol. The Labute approximate surface area is 145 Å². The number of aryl methyl sites for hydroxylation is 2. The predicted molar refractivity (Wildman–Crippen MR) is 98.4 cm³/mol. The molecule has 1 atom stereocenters. The van der Waals surface area contributed by atoms with Crippen LogP contribution in [0.2, 0.25) is 0 Å². The highest BCUT2D eigenvalue weighted by Gasteiger charge is 2.14. The van der Waals surface area contributed by atoms with Gasteiger partial charge in [0.25, 0.3) is 0 Å². The van der Waals surface area contributed by atoms with E-state index in [2.05, 4.69) is 45.0 Å². The standard InChI is InChI=1S/C21H28O3/c1-14-11-19(13-21(24-5)15(14)2)16(3)17-8-9-20(23-4)18(12-17)7-6-10-22/h8-9,11-13,16,22H,6-7,10H2,1-5H3. The van der Waals surface area contributed by atoms with Gasteiger partial charge in [-0.25, -0.2) is 0 Å². The molecule has 0 heterocycles. The normalized spacial score (nSPS) is 12.1. The van der Waals surface area contributed by atoms with Gasteiger partial charge in [-0.05, 0) is 66.6 Å². The molecule has 0 aliphatic heterocycles. The zero-order valence-electron chi connectivity index (χ0n) is 15.3. The van der Waals surface area contributed by atoms with Crippen molar-refractivity contribution in [3.8, 4) is 11.5 Å². The Morgan fingerprint density at radius 3 is 2.29 bits per heavy atom. The molecule has 3 nitrogen and oxygen atoms in total. The molecule has 0 saturated carbocycles. The van der Waals surface area contributed by atoms with Gasteiger partial charge < -0.3 is 14.6 Å². The van der Waals surface area contributed by atoms with E-state index in [9.17, 15) is 0 Å². The Balaban J connectivity index is 2.39. The molecule has 2 aromatic rings. The zero-order valence-corrected chi connectivity index (χ0v) is 15.3. The van der Waals surface area contributed by atoms with Gasteiger partial charge >= 0.3 is 0 Å². The minimum absolute atomic E-state index is 0.192. The second-order valence-electron chi connectivity index (χ2n) is 6.29. The lowest BCUT2D eigenvalue weighted by molar-refractivity contribution is 0.287. The van der Waals surface area contributed by atoms with Crippen LogP contribution in [-0.2, 0) is 6.42 Å². The van der Waals surface area contributed by atoms with Crippen LogP contribution >= 0.6 is 0 Å². The minimum atomic E-state index is 0.192. The maximum atomic E-state index is 9.11. The number of benzene rings is 2. The van der Waals surface area contributed by atoms with Crippen molar-refractivity contribution in [3.05, 3.63) is 58.1 Å². The van der Waals surface area contributed by atoms with Crippen molar-refractivity contribution in [1.29, 1.82) is 0 Å². The van der Waals surface area contributed by atoms with E-state index < -0.39 is 0 Å². The molecule has 0 aromatic heterocycles. The van der Waals surface area contributed by atoms with E-state index in [0.717, 1.165) is 29.9 Å². The third-order valence-electron chi connectivity index (χ3n) is 4.77. The van der Waals surface area contributed by atoms with Gasteiger partial charge in [0.1, 0.15) is 11.5 Å². The van der Waals surface area contributed by atoms with Crippen LogP contribution < -0.4 is 9.47 Å². The Bertz CT molecular complexity index is 692. The first-order chi connectivity index (χ1) is 11.5. The first kappa shape index (κ1) is 18.3. The number of hydrogen-bond acceptors (Lipinski definition) is 3. The fourth-order valence-corrected chi connectivity index (χ4v) is 3.04. The maximum Gasteiger partial charge on any atom is 0.122 e. The molecule has 0 radical (unpaired) electrons. The fraction of sp³-hybridized carbons (Fsp3) is 0.429. The Hall–Kier alpha value is -2.00. The van der Waals surface area contributed by atoms with Gasteiger partial charge in [-0.15, -0.1) is 0 Å². The number of aliphatic hydroxyl groups is 1. The van der Waals surface area contributed by atoms with Crippen LogP contribution in [-0.4, -0.2) is 25.9 Å². The summed E-state index contributed by atoms with van der Waals surface area (Å²) in [6.07, 6.45) is 1.56. The van der Waals surface area contributed by atoms with Crippen LogP contribution in [0.1, 0.15) is 47.1 Å². The van der Waals surface area contributed by atoms with Crippen molar-refractivity contribution in [2.75, 3.05) is 20.8 Å². The largest absolute Gasteiger partial charge is 0.496 e. The summed E-state index contributed by atoms with van der Waals surface area (Å²) in [6, 6.07) is 10.7. The molecule has 2 aromatic carbocycles. The number of methoxy groups -OCH3 is 2. The summed E-state index contributed by atoms with van der Waals surface area (Å²) >= 11 is 0. The van der Waals surface area contributed by atoms with Gasteiger partial charge in [-0.1, -0.05) is 25.1 Å². The third kappa shape index (κ3) is 3.90. The first-order valence-electron chi connectivity index (χ1n) is 8.44. The SMILES string of the molecule is COc1ccc(C(C)c2cc(C)c(C)c(OC)c2)cc1CCCO. The Kier molecular flexibility index (Phi) is 6.27. The maximum absolute atomic E-state index is 9.11. The zero-order chi connectivity index (χ0) is 17.7. The molecule has 0 amide bonds. The first-order valence-corrected chi connectivity index (χ1v) is 8.44. The van der Waals surface area contributed by atoms with Gasteiger partial charge in [0.15, 0.2) is 0 Å². The summed E-state index contributed by atoms with van der Waals surface area (Å²) < 4.78 is 11.0. The van der Waals surface area contributed by atoms with Crippen LogP contribution in [0.4, 0.5) is 0 Å².